The molecule has 34 heavy (non-hydrogen) atoms. The zero-order valence-corrected chi connectivity index (χ0v) is 18.8. The first-order chi connectivity index (χ1) is 16.3. The number of carbonyl (C=O) groups excluding carboxylic acids is 3. The molecule has 2 N–H and O–H groups in total. The standard InChI is InChI=1S/C24H26N4O6/c1-17(30)26-11-13-27(14-12-26)22(31)9-8-18-4-3-7-21(28(33)34)23(18)19-5-2-6-20(16-19)24(32)25-10-15-29/h2-9,16,29H,10-15H2,1H3,(H,25,32)/b9-8+. The molecule has 1 aliphatic rings. The summed E-state index contributed by atoms with van der Waals surface area (Å²) in [7, 11) is 0. The summed E-state index contributed by atoms with van der Waals surface area (Å²) in [4.78, 5) is 51.0. The number of nitro benzene ring substituents is 1. The van der Waals surface area contributed by atoms with E-state index in [0.717, 1.165) is 0 Å². The number of nitrogens with one attached hydrogen (secondary N) is 1. The highest BCUT2D eigenvalue weighted by Crippen LogP contribution is 2.34. The van der Waals surface area contributed by atoms with E-state index in [-0.39, 0.29) is 36.2 Å². The second-order valence-electron chi connectivity index (χ2n) is 7.72. The van der Waals surface area contributed by atoms with Gasteiger partial charge in [-0.05, 0) is 29.3 Å². The summed E-state index contributed by atoms with van der Waals surface area (Å²) in [6, 6.07) is 11.0. The van der Waals surface area contributed by atoms with Crippen LogP contribution in [0.4, 0.5) is 5.69 Å². The first kappa shape index (κ1) is 24.6. The Morgan fingerprint density at radius 3 is 2.41 bits per heavy atom. The fourth-order valence-electron chi connectivity index (χ4n) is 3.76. The van der Waals surface area contributed by atoms with Crippen LogP contribution in [0.2, 0.25) is 0 Å². The van der Waals surface area contributed by atoms with E-state index >= 15 is 0 Å². The number of aliphatic hydroxyl groups is 1. The maximum Gasteiger partial charge on any atom is 0.277 e. The molecule has 2 aromatic rings. The van der Waals surface area contributed by atoms with E-state index in [1.54, 1.807) is 34.1 Å². The van der Waals surface area contributed by atoms with Gasteiger partial charge in [0.05, 0.1) is 17.1 Å². The van der Waals surface area contributed by atoms with Crippen LogP contribution in [-0.2, 0) is 9.59 Å². The molecule has 0 aromatic heterocycles. The van der Waals surface area contributed by atoms with Crippen molar-refractivity contribution in [3.63, 3.8) is 0 Å². The van der Waals surface area contributed by atoms with Gasteiger partial charge in [0.15, 0.2) is 0 Å². The molecule has 0 aliphatic carbocycles. The van der Waals surface area contributed by atoms with Gasteiger partial charge in [-0.2, -0.15) is 0 Å². The molecule has 3 amide bonds. The third-order valence-electron chi connectivity index (χ3n) is 5.52. The molecule has 0 spiro atoms. The van der Waals surface area contributed by atoms with Gasteiger partial charge >= 0.3 is 0 Å². The molecular weight excluding hydrogens is 440 g/mol. The van der Waals surface area contributed by atoms with Crippen molar-refractivity contribution in [2.45, 2.75) is 6.92 Å². The number of hydrogen-bond donors (Lipinski definition) is 2. The highest BCUT2D eigenvalue weighted by Gasteiger charge is 2.22. The summed E-state index contributed by atoms with van der Waals surface area (Å²) in [5.74, 6) is -0.694. The minimum Gasteiger partial charge on any atom is -0.395 e. The highest BCUT2D eigenvalue weighted by molar-refractivity contribution is 5.97. The molecule has 10 heteroatoms. The Balaban J connectivity index is 1.90. The molecule has 1 heterocycles. The SMILES string of the molecule is CC(=O)N1CCN(C(=O)/C=C/c2cccc([N+](=O)[O-])c2-c2cccc(C(=O)NCCO)c2)CC1. The normalized spacial score (nSPS) is 13.7. The lowest BCUT2D eigenvalue weighted by molar-refractivity contribution is -0.384. The van der Waals surface area contributed by atoms with Crippen LogP contribution in [-0.4, -0.2) is 76.9 Å². The van der Waals surface area contributed by atoms with E-state index in [4.69, 9.17) is 5.11 Å². The van der Waals surface area contributed by atoms with Crippen LogP contribution in [0.1, 0.15) is 22.8 Å². The van der Waals surface area contributed by atoms with Crippen LogP contribution >= 0.6 is 0 Å². The van der Waals surface area contributed by atoms with Gasteiger partial charge < -0.3 is 20.2 Å². The highest BCUT2D eigenvalue weighted by atomic mass is 16.6. The average molecular weight is 466 g/mol. The zero-order chi connectivity index (χ0) is 24.7. The number of rotatable bonds is 7. The van der Waals surface area contributed by atoms with Gasteiger partial charge in [0.1, 0.15) is 0 Å². The van der Waals surface area contributed by atoms with E-state index in [1.165, 1.54) is 37.3 Å². The summed E-state index contributed by atoms with van der Waals surface area (Å²) in [6.45, 7) is 3.12. The van der Waals surface area contributed by atoms with E-state index in [1.807, 2.05) is 0 Å². The van der Waals surface area contributed by atoms with Crippen molar-refractivity contribution in [1.29, 1.82) is 0 Å². The maximum atomic E-state index is 12.7. The predicted octanol–water partition coefficient (Wildman–Crippen LogP) is 1.69. The Kier molecular flexibility index (Phi) is 8.10. The van der Waals surface area contributed by atoms with Crippen molar-refractivity contribution in [3.05, 3.63) is 69.8 Å². The predicted molar refractivity (Wildman–Crippen MR) is 126 cm³/mol. The van der Waals surface area contributed by atoms with Crippen LogP contribution in [0.15, 0.2) is 48.5 Å². The lowest BCUT2D eigenvalue weighted by Crippen LogP contribution is -2.49. The summed E-state index contributed by atoms with van der Waals surface area (Å²) in [5, 5.41) is 23.2. The number of nitro groups is 1. The number of hydrogen-bond acceptors (Lipinski definition) is 6. The van der Waals surface area contributed by atoms with Crippen molar-refractivity contribution in [2.24, 2.45) is 0 Å². The summed E-state index contributed by atoms with van der Waals surface area (Å²) >= 11 is 0. The van der Waals surface area contributed by atoms with Crippen LogP contribution in [0.3, 0.4) is 0 Å². The quantitative estimate of drug-likeness (QED) is 0.362. The fourth-order valence-corrected chi connectivity index (χ4v) is 3.76. The van der Waals surface area contributed by atoms with Gasteiger partial charge in [0.25, 0.3) is 11.6 Å². The van der Waals surface area contributed by atoms with E-state index in [0.29, 0.717) is 42.9 Å². The average Bonchev–Trinajstić information content (AvgIpc) is 2.85. The second-order valence-corrected chi connectivity index (χ2v) is 7.72. The fraction of sp³-hybridized carbons (Fsp3) is 0.292. The summed E-state index contributed by atoms with van der Waals surface area (Å²) in [5.41, 5.74) is 1.33. The molecule has 0 radical (unpaired) electrons. The number of benzene rings is 2. The van der Waals surface area contributed by atoms with Gasteiger partial charge in [-0.3, -0.25) is 24.5 Å². The van der Waals surface area contributed by atoms with E-state index in [9.17, 15) is 24.5 Å². The molecule has 1 saturated heterocycles. The number of aliphatic hydroxyl groups excluding tert-OH is 1. The van der Waals surface area contributed by atoms with Crippen LogP contribution in [0.25, 0.3) is 17.2 Å². The smallest absolute Gasteiger partial charge is 0.277 e. The Hall–Kier alpha value is -4.05. The zero-order valence-electron chi connectivity index (χ0n) is 18.8. The molecule has 0 saturated carbocycles. The largest absolute Gasteiger partial charge is 0.395 e. The van der Waals surface area contributed by atoms with Gasteiger partial charge in [-0.25, -0.2) is 0 Å². The Bertz CT molecular complexity index is 1120. The molecule has 1 aliphatic heterocycles. The third-order valence-corrected chi connectivity index (χ3v) is 5.52. The Morgan fingerprint density at radius 2 is 1.76 bits per heavy atom. The Morgan fingerprint density at radius 1 is 1.09 bits per heavy atom. The molecule has 10 nitrogen and oxygen atoms in total. The van der Waals surface area contributed by atoms with Crippen molar-refractivity contribution >= 4 is 29.5 Å². The number of nitrogens with zero attached hydrogens (tertiary/aromatic N) is 3. The lowest BCUT2D eigenvalue weighted by Gasteiger charge is -2.33. The van der Waals surface area contributed by atoms with Gasteiger partial charge in [-0.1, -0.05) is 24.3 Å². The number of piperazine rings is 1. The number of amides is 3. The molecular formula is C24H26N4O6. The molecule has 0 atom stereocenters. The van der Waals surface area contributed by atoms with Crippen LogP contribution < -0.4 is 5.32 Å². The van der Waals surface area contributed by atoms with Crippen molar-refractivity contribution in [2.75, 3.05) is 39.3 Å². The van der Waals surface area contributed by atoms with E-state index < -0.39 is 10.8 Å². The van der Waals surface area contributed by atoms with Crippen molar-refractivity contribution in [1.82, 2.24) is 15.1 Å². The topological polar surface area (TPSA) is 133 Å². The number of carbonyl (C=O) groups is 3. The molecule has 178 valence electrons. The molecule has 2 aromatic carbocycles. The molecule has 3 rings (SSSR count). The minimum absolute atomic E-state index is 0.0313. The summed E-state index contributed by atoms with van der Waals surface area (Å²) in [6.07, 6.45) is 2.89. The van der Waals surface area contributed by atoms with Gasteiger partial charge in [0.2, 0.25) is 11.8 Å². The monoisotopic (exact) mass is 466 g/mol. The molecule has 0 bridgehead atoms. The Labute approximate surface area is 196 Å². The molecule has 1 fully saturated rings. The minimum atomic E-state index is -0.506. The lowest BCUT2D eigenvalue weighted by atomic mass is 9.95. The van der Waals surface area contributed by atoms with Crippen LogP contribution in [0, 0.1) is 10.1 Å². The van der Waals surface area contributed by atoms with Crippen molar-refractivity contribution < 1.29 is 24.4 Å². The van der Waals surface area contributed by atoms with Gasteiger partial charge in [0, 0.05) is 57.4 Å². The summed E-state index contributed by atoms with van der Waals surface area (Å²) < 4.78 is 0. The first-order valence-electron chi connectivity index (χ1n) is 10.8. The molecule has 0 unspecified atom stereocenters. The van der Waals surface area contributed by atoms with Gasteiger partial charge in [-0.15, -0.1) is 0 Å². The second kappa shape index (κ2) is 11.2. The van der Waals surface area contributed by atoms with Crippen LogP contribution in [0.5, 0.6) is 0 Å². The third kappa shape index (κ3) is 5.84. The first-order valence-corrected chi connectivity index (χ1v) is 10.8. The van der Waals surface area contributed by atoms with Crippen molar-refractivity contribution in [3.8, 4) is 11.1 Å². The van der Waals surface area contributed by atoms with E-state index in [2.05, 4.69) is 5.32 Å². The maximum absolute atomic E-state index is 12.7.